The largest absolute Gasteiger partial charge is 0.452 e. The van der Waals surface area contributed by atoms with Gasteiger partial charge in [0.25, 0.3) is 5.56 Å². The van der Waals surface area contributed by atoms with Crippen molar-refractivity contribution in [2.24, 2.45) is 0 Å². The SMILES string of the molecule is CC1(O)CC(c2nc(-c3ccc4ccn(-c5cc(C(F)(F)F)on5)c(=O)c4c3)c3c(N)nccn23)C1. The highest BCUT2D eigenvalue weighted by Gasteiger charge is 2.42. The number of alkyl halides is 3. The van der Waals surface area contributed by atoms with E-state index < -0.39 is 23.1 Å². The van der Waals surface area contributed by atoms with E-state index in [0.717, 1.165) is 10.4 Å². The maximum atomic E-state index is 13.3. The average Bonchev–Trinajstić information content (AvgIpc) is 3.44. The Morgan fingerprint density at radius 2 is 1.97 bits per heavy atom. The van der Waals surface area contributed by atoms with Gasteiger partial charge in [0.2, 0.25) is 5.76 Å². The number of nitrogen functional groups attached to an aromatic ring is 1. The summed E-state index contributed by atoms with van der Waals surface area (Å²) in [4.78, 5) is 22.3. The van der Waals surface area contributed by atoms with Gasteiger partial charge in [-0.2, -0.15) is 13.2 Å². The van der Waals surface area contributed by atoms with Crippen LogP contribution in [-0.2, 0) is 6.18 Å². The normalized spacial score (nSPS) is 20.2. The Balaban J connectivity index is 1.50. The summed E-state index contributed by atoms with van der Waals surface area (Å²) >= 11 is 0. The molecule has 0 bridgehead atoms. The molecule has 5 aromatic rings. The fraction of sp³-hybridized carbons (Fsp3) is 0.250. The molecule has 1 aliphatic rings. The van der Waals surface area contributed by atoms with Gasteiger partial charge in [0, 0.05) is 41.5 Å². The monoisotopic (exact) mass is 496 g/mol. The van der Waals surface area contributed by atoms with E-state index in [2.05, 4.69) is 14.7 Å². The Bertz CT molecular complexity index is 1710. The minimum Gasteiger partial charge on any atom is -0.390 e. The first-order valence-corrected chi connectivity index (χ1v) is 11.1. The average molecular weight is 496 g/mol. The Kier molecular flexibility index (Phi) is 4.58. The summed E-state index contributed by atoms with van der Waals surface area (Å²) in [5, 5.41) is 14.5. The molecule has 0 spiro atoms. The number of fused-ring (bicyclic) bond motifs is 2. The van der Waals surface area contributed by atoms with Crippen LogP contribution in [0.1, 0.15) is 37.3 Å². The summed E-state index contributed by atoms with van der Waals surface area (Å²) in [6.07, 6.45) is 1.04. The van der Waals surface area contributed by atoms with Crippen molar-refractivity contribution in [1.29, 1.82) is 0 Å². The van der Waals surface area contributed by atoms with Gasteiger partial charge >= 0.3 is 6.18 Å². The van der Waals surface area contributed by atoms with Gasteiger partial charge in [-0.3, -0.25) is 13.8 Å². The molecule has 0 unspecified atom stereocenters. The van der Waals surface area contributed by atoms with Crippen molar-refractivity contribution in [1.82, 2.24) is 24.1 Å². The van der Waals surface area contributed by atoms with Crippen LogP contribution in [-0.4, -0.2) is 34.8 Å². The second kappa shape index (κ2) is 7.40. The van der Waals surface area contributed by atoms with Crippen LogP contribution < -0.4 is 11.3 Å². The quantitative estimate of drug-likeness (QED) is 0.388. The first-order valence-electron chi connectivity index (χ1n) is 11.1. The molecule has 0 aliphatic heterocycles. The van der Waals surface area contributed by atoms with Gasteiger partial charge in [0.1, 0.15) is 22.9 Å². The Morgan fingerprint density at radius 1 is 1.19 bits per heavy atom. The number of anilines is 1. The highest BCUT2D eigenvalue weighted by molar-refractivity contribution is 5.91. The number of aromatic nitrogens is 5. The zero-order valence-electron chi connectivity index (χ0n) is 18.8. The number of aliphatic hydroxyl groups is 1. The number of imidazole rings is 1. The lowest BCUT2D eigenvalue weighted by atomic mass is 9.72. The van der Waals surface area contributed by atoms with Crippen molar-refractivity contribution in [3.05, 3.63) is 70.9 Å². The molecule has 1 aromatic carbocycles. The van der Waals surface area contributed by atoms with E-state index in [4.69, 9.17) is 10.7 Å². The molecule has 36 heavy (non-hydrogen) atoms. The minimum atomic E-state index is -4.72. The Hall–Kier alpha value is -4.19. The lowest BCUT2D eigenvalue weighted by Gasteiger charge is -2.40. The third-order valence-electron chi connectivity index (χ3n) is 6.55. The lowest BCUT2D eigenvalue weighted by Crippen LogP contribution is -2.40. The molecular weight excluding hydrogens is 477 g/mol. The molecule has 1 aliphatic carbocycles. The Morgan fingerprint density at radius 3 is 2.67 bits per heavy atom. The summed E-state index contributed by atoms with van der Waals surface area (Å²) in [5.41, 5.74) is 6.55. The predicted molar refractivity (Wildman–Crippen MR) is 124 cm³/mol. The molecule has 4 aromatic heterocycles. The van der Waals surface area contributed by atoms with Crippen molar-refractivity contribution in [3.8, 4) is 17.1 Å². The number of benzene rings is 1. The van der Waals surface area contributed by atoms with Crippen LogP contribution in [0.25, 0.3) is 33.4 Å². The zero-order valence-corrected chi connectivity index (χ0v) is 18.8. The summed E-state index contributed by atoms with van der Waals surface area (Å²) < 4.78 is 46.0. The van der Waals surface area contributed by atoms with Gasteiger partial charge < -0.3 is 15.4 Å². The number of halogens is 3. The van der Waals surface area contributed by atoms with Gasteiger partial charge in [0.05, 0.1) is 5.60 Å². The molecule has 1 fully saturated rings. The van der Waals surface area contributed by atoms with Crippen molar-refractivity contribution in [3.63, 3.8) is 0 Å². The van der Waals surface area contributed by atoms with Crippen LogP contribution in [0.2, 0.25) is 0 Å². The van der Waals surface area contributed by atoms with Crippen molar-refractivity contribution in [2.45, 2.75) is 37.5 Å². The maximum Gasteiger partial charge on any atom is 0.452 e. The predicted octanol–water partition coefficient (Wildman–Crippen LogP) is 3.92. The molecule has 4 heterocycles. The standard InChI is InChI=1S/C24H19F3N6O3/c1-23(35)10-14(11-23)21-30-18(19-20(28)29-5-7-33(19)21)13-3-2-12-4-6-32(22(34)15(12)8-13)17-9-16(36-31-17)24(25,26)27/h2-9,14,35H,10-11H2,1H3,(H2,28,29). The fourth-order valence-corrected chi connectivity index (χ4v) is 4.84. The molecule has 1 saturated carbocycles. The minimum absolute atomic E-state index is 0.0238. The number of nitrogens with zero attached hydrogens (tertiary/aromatic N) is 5. The molecule has 6 rings (SSSR count). The summed E-state index contributed by atoms with van der Waals surface area (Å²) in [6, 6.07) is 7.41. The van der Waals surface area contributed by atoms with Gasteiger partial charge in [-0.25, -0.2) is 9.97 Å². The highest BCUT2D eigenvalue weighted by atomic mass is 19.4. The lowest BCUT2D eigenvalue weighted by molar-refractivity contribution is -0.155. The van der Waals surface area contributed by atoms with E-state index in [1.54, 1.807) is 43.6 Å². The smallest absolute Gasteiger partial charge is 0.390 e. The van der Waals surface area contributed by atoms with E-state index in [9.17, 15) is 23.1 Å². The summed E-state index contributed by atoms with van der Waals surface area (Å²) in [7, 11) is 0. The third-order valence-corrected chi connectivity index (χ3v) is 6.55. The summed E-state index contributed by atoms with van der Waals surface area (Å²) in [6.45, 7) is 1.77. The van der Waals surface area contributed by atoms with Crippen LogP contribution >= 0.6 is 0 Å². The van der Waals surface area contributed by atoms with Crippen LogP contribution in [0.4, 0.5) is 19.0 Å². The van der Waals surface area contributed by atoms with E-state index in [1.807, 2.05) is 4.40 Å². The van der Waals surface area contributed by atoms with Crippen molar-refractivity contribution < 1.29 is 22.8 Å². The van der Waals surface area contributed by atoms with Crippen molar-refractivity contribution in [2.75, 3.05) is 5.73 Å². The Labute approximate surface area is 200 Å². The van der Waals surface area contributed by atoms with E-state index in [0.29, 0.717) is 41.1 Å². The summed E-state index contributed by atoms with van der Waals surface area (Å²) in [5.74, 6) is -0.567. The van der Waals surface area contributed by atoms with Crippen LogP contribution in [0.5, 0.6) is 0 Å². The number of hydrogen-bond donors (Lipinski definition) is 2. The van der Waals surface area contributed by atoms with Gasteiger partial charge in [-0.05, 0) is 37.3 Å². The molecular formula is C24H19F3N6O3. The van der Waals surface area contributed by atoms with E-state index >= 15 is 0 Å². The van der Waals surface area contributed by atoms with Crippen LogP contribution in [0, 0.1) is 0 Å². The van der Waals surface area contributed by atoms with Crippen LogP contribution in [0.15, 0.2) is 58.2 Å². The second-order valence-electron chi connectivity index (χ2n) is 9.29. The molecule has 184 valence electrons. The number of rotatable bonds is 3. The maximum absolute atomic E-state index is 13.3. The molecule has 0 saturated heterocycles. The third kappa shape index (κ3) is 3.44. The van der Waals surface area contributed by atoms with Crippen LogP contribution in [0.3, 0.4) is 0 Å². The van der Waals surface area contributed by atoms with Gasteiger partial charge in [-0.15, -0.1) is 0 Å². The molecule has 3 N–H and O–H groups in total. The second-order valence-corrected chi connectivity index (χ2v) is 9.29. The van der Waals surface area contributed by atoms with Gasteiger partial charge in [-0.1, -0.05) is 17.3 Å². The first kappa shape index (κ1) is 22.3. The molecule has 0 atom stereocenters. The number of hydrogen-bond acceptors (Lipinski definition) is 7. The highest BCUT2D eigenvalue weighted by Crippen LogP contribution is 2.45. The molecule has 0 radical (unpaired) electrons. The van der Waals surface area contributed by atoms with E-state index in [1.165, 1.54) is 6.20 Å². The molecule has 0 amide bonds. The first-order chi connectivity index (χ1) is 17.0. The number of nitrogens with two attached hydrogens (primary N) is 1. The fourth-order valence-electron chi connectivity index (χ4n) is 4.84. The number of pyridine rings is 1. The molecule has 12 heteroatoms. The van der Waals surface area contributed by atoms with Crippen molar-refractivity contribution >= 4 is 22.1 Å². The van der Waals surface area contributed by atoms with E-state index in [-0.39, 0.29) is 22.9 Å². The zero-order chi connectivity index (χ0) is 25.4. The van der Waals surface area contributed by atoms with Gasteiger partial charge in [0.15, 0.2) is 5.82 Å². The topological polar surface area (TPSA) is 124 Å². The molecule has 9 nitrogen and oxygen atoms in total.